The van der Waals surface area contributed by atoms with Gasteiger partial charge in [-0.1, -0.05) is 0 Å². The van der Waals surface area contributed by atoms with Gasteiger partial charge in [0.15, 0.2) is 0 Å². The molecule has 0 aliphatic carbocycles. The first-order valence-electron chi connectivity index (χ1n) is 7.32. The number of benzene rings is 2. The Hall–Kier alpha value is -3.03. The molecule has 1 heterocycles. The van der Waals surface area contributed by atoms with E-state index >= 15 is 0 Å². The molecule has 2 aromatic carbocycles. The molecule has 8 heteroatoms. The van der Waals surface area contributed by atoms with Crippen molar-refractivity contribution in [2.24, 2.45) is 14.1 Å². The van der Waals surface area contributed by atoms with Gasteiger partial charge in [-0.3, -0.25) is 13.9 Å². The minimum atomic E-state index is -4.45. The Morgan fingerprint density at radius 1 is 0.960 bits per heavy atom. The van der Waals surface area contributed by atoms with Crippen LogP contribution >= 0.6 is 0 Å². The van der Waals surface area contributed by atoms with Crippen molar-refractivity contribution in [3.8, 4) is 0 Å². The Morgan fingerprint density at radius 3 is 2.16 bits per heavy atom. The third-order valence-electron chi connectivity index (χ3n) is 4.00. The van der Waals surface area contributed by atoms with Crippen LogP contribution in [0, 0.1) is 0 Å². The van der Waals surface area contributed by atoms with Crippen LogP contribution in [0.15, 0.2) is 47.3 Å². The van der Waals surface area contributed by atoms with Crippen LogP contribution in [0.5, 0.6) is 0 Å². The first-order valence-corrected chi connectivity index (χ1v) is 7.32. The Labute approximate surface area is 140 Å². The SMILES string of the molecule is Cn1c(=O)n(C)c2cc(NC(=O)c3ccc(C(F)(F)F)cc3)ccc21. The van der Waals surface area contributed by atoms with Crippen molar-refractivity contribution in [3.63, 3.8) is 0 Å². The molecule has 25 heavy (non-hydrogen) atoms. The molecule has 1 amide bonds. The van der Waals surface area contributed by atoms with Crippen molar-refractivity contribution in [3.05, 3.63) is 64.1 Å². The number of rotatable bonds is 2. The fourth-order valence-corrected chi connectivity index (χ4v) is 2.60. The van der Waals surface area contributed by atoms with Gasteiger partial charge in [-0.05, 0) is 42.5 Å². The highest BCUT2D eigenvalue weighted by molar-refractivity contribution is 6.05. The van der Waals surface area contributed by atoms with Crippen LogP contribution in [0.3, 0.4) is 0 Å². The summed E-state index contributed by atoms with van der Waals surface area (Å²) in [4.78, 5) is 24.1. The maximum Gasteiger partial charge on any atom is 0.416 e. The number of fused-ring (bicyclic) bond motifs is 1. The second-order valence-electron chi connectivity index (χ2n) is 5.63. The zero-order valence-corrected chi connectivity index (χ0v) is 13.4. The molecule has 130 valence electrons. The van der Waals surface area contributed by atoms with Crippen molar-refractivity contribution >= 4 is 22.6 Å². The molecule has 0 fully saturated rings. The fraction of sp³-hybridized carbons (Fsp3) is 0.176. The molecule has 0 aliphatic rings. The second kappa shape index (κ2) is 5.80. The van der Waals surface area contributed by atoms with Crippen LogP contribution in [0.4, 0.5) is 18.9 Å². The maximum absolute atomic E-state index is 12.6. The van der Waals surface area contributed by atoms with Crippen molar-refractivity contribution in [1.82, 2.24) is 9.13 Å². The molecule has 1 aromatic heterocycles. The Morgan fingerprint density at radius 2 is 1.56 bits per heavy atom. The smallest absolute Gasteiger partial charge is 0.322 e. The number of halogens is 3. The normalized spacial score (nSPS) is 11.7. The number of aryl methyl sites for hydroxylation is 2. The van der Waals surface area contributed by atoms with Gasteiger partial charge in [0.2, 0.25) is 0 Å². The molecular weight excluding hydrogens is 335 g/mol. The van der Waals surface area contributed by atoms with Crippen LogP contribution in [-0.2, 0) is 20.3 Å². The van der Waals surface area contributed by atoms with Gasteiger partial charge >= 0.3 is 11.9 Å². The summed E-state index contributed by atoms with van der Waals surface area (Å²) in [6.07, 6.45) is -4.45. The molecule has 0 aliphatic heterocycles. The number of alkyl halides is 3. The summed E-state index contributed by atoms with van der Waals surface area (Å²) in [6, 6.07) is 8.92. The lowest BCUT2D eigenvalue weighted by molar-refractivity contribution is -0.137. The minimum absolute atomic E-state index is 0.107. The number of nitrogens with zero attached hydrogens (tertiary/aromatic N) is 2. The van der Waals surface area contributed by atoms with Crippen LogP contribution in [0.1, 0.15) is 15.9 Å². The van der Waals surface area contributed by atoms with E-state index < -0.39 is 17.6 Å². The Kier molecular flexibility index (Phi) is 3.90. The van der Waals surface area contributed by atoms with E-state index in [2.05, 4.69) is 5.32 Å². The van der Waals surface area contributed by atoms with Gasteiger partial charge < -0.3 is 5.32 Å². The van der Waals surface area contributed by atoms with E-state index in [0.29, 0.717) is 16.7 Å². The highest BCUT2D eigenvalue weighted by atomic mass is 19.4. The number of hydrogen-bond donors (Lipinski definition) is 1. The third kappa shape index (κ3) is 3.02. The Balaban J connectivity index is 1.87. The number of carbonyl (C=O) groups is 1. The van der Waals surface area contributed by atoms with E-state index in [1.807, 2.05) is 0 Å². The predicted molar refractivity (Wildman–Crippen MR) is 87.6 cm³/mol. The lowest BCUT2D eigenvalue weighted by atomic mass is 10.1. The van der Waals surface area contributed by atoms with E-state index in [0.717, 1.165) is 24.3 Å². The summed E-state index contributed by atoms with van der Waals surface area (Å²) in [5.74, 6) is -0.533. The number of carbonyl (C=O) groups excluding carboxylic acids is 1. The average Bonchev–Trinajstić information content (AvgIpc) is 2.78. The summed E-state index contributed by atoms with van der Waals surface area (Å²) in [7, 11) is 3.26. The quantitative estimate of drug-likeness (QED) is 0.773. The molecule has 3 rings (SSSR count). The number of nitrogens with one attached hydrogen (secondary N) is 1. The van der Waals surface area contributed by atoms with Crippen molar-refractivity contribution in [2.75, 3.05) is 5.32 Å². The molecular formula is C17H14F3N3O2. The second-order valence-corrected chi connectivity index (χ2v) is 5.63. The van der Waals surface area contributed by atoms with E-state index in [-0.39, 0.29) is 11.3 Å². The average molecular weight is 349 g/mol. The third-order valence-corrected chi connectivity index (χ3v) is 4.00. The summed E-state index contributed by atoms with van der Waals surface area (Å²) in [6.45, 7) is 0. The van der Waals surface area contributed by atoms with E-state index in [1.165, 1.54) is 9.13 Å². The first-order chi connectivity index (χ1) is 11.7. The fourth-order valence-electron chi connectivity index (χ4n) is 2.60. The molecule has 0 atom stereocenters. The van der Waals surface area contributed by atoms with Crippen molar-refractivity contribution in [2.45, 2.75) is 6.18 Å². The molecule has 0 bridgehead atoms. The van der Waals surface area contributed by atoms with E-state index in [1.54, 1.807) is 32.3 Å². The van der Waals surface area contributed by atoms with Crippen molar-refractivity contribution < 1.29 is 18.0 Å². The van der Waals surface area contributed by atoms with Gasteiger partial charge in [-0.15, -0.1) is 0 Å². The monoisotopic (exact) mass is 349 g/mol. The number of amides is 1. The molecule has 3 aromatic rings. The van der Waals surface area contributed by atoms with Crippen LogP contribution < -0.4 is 11.0 Å². The molecule has 0 saturated heterocycles. The molecule has 1 N–H and O–H groups in total. The van der Waals surface area contributed by atoms with Crippen LogP contribution in [0.25, 0.3) is 11.0 Å². The zero-order chi connectivity index (χ0) is 18.4. The molecule has 5 nitrogen and oxygen atoms in total. The van der Waals surface area contributed by atoms with Gasteiger partial charge in [0.05, 0.1) is 16.6 Å². The summed E-state index contributed by atoms with van der Waals surface area (Å²) >= 11 is 0. The van der Waals surface area contributed by atoms with Gasteiger partial charge in [-0.25, -0.2) is 4.79 Å². The molecule has 0 unspecified atom stereocenters. The lowest BCUT2D eigenvalue weighted by Gasteiger charge is -2.09. The summed E-state index contributed by atoms with van der Waals surface area (Å²) < 4.78 is 40.6. The zero-order valence-electron chi connectivity index (χ0n) is 13.4. The number of hydrogen-bond acceptors (Lipinski definition) is 2. The van der Waals surface area contributed by atoms with Gasteiger partial charge in [0.25, 0.3) is 5.91 Å². The molecule has 0 saturated carbocycles. The topological polar surface area (TPSA) is 56.0 Å². The van der Waals surface area contributed by atoms with Crippen LogP contribution in [0.2, 0.25) is 0 Å². The first kappa shape index (κ1) is 16.8. The number of imidazole rings is 1. The van der Waals surface area contributed by atoms with Crippen molar-refractivity contribution in [1.29, 1.82) is 0 Å². The van der Waals surface area contributed by atoms with Gasteiger partial charge in [0.1, 0.15) is 0 Å². The van der Waals surface area contributed by atoms with Gasteiger partial charge in [0, 0.05) is 25.3 Å². The molecule has 0 radical (unpaired) electrons. The van der Waals surface area contributed by atoms with E-state index in [9.17, 15) is 22.8 Å². The Bertz CT molecular complexity index is 1010. The summed E-state index contributed by atoms with van der Waals surface area (Å²) in [5, 5.41) is 2.62. The summed E-state index contributed by atoms with van der Waals surface area (Å²) in [5.41, 5.74) is 0.886. The predicted octanol–water partition coefficient (Wildman–Crippen LogP) is 3.15. The number of aromatic nitrogens is 2. The standard InChI is InChI=1S/C17H14F3N3O2/c1-22-13-8-7-12(9-14(13)23(2)16(22)25)21-15(24)10-3-5-11(6-4-10)17(18,19)20/h3-9H,1-2H3,(H,21,24). The van der Waals surface area contributed by atoms with E-state index in [4.69, 9.17) is 0 Å². The maximum atomic E-state index is 12.6. The highest BCUT2D eigenvalue weighted by Crippen LogP contribution is 2.29. The van der Waals surface area contributed by atoms with Crippen LogP contribution in [-0.4, -0.2) is 15.0 Å². The lowest BCUT2D eigenvalue weighted by Crippen LogP contribution is -2.19. The largest absolute Gasteiger partial charge is 0.416 e. The van der Waals surface area contributed by atoms with Gasteiger partial charge in [-0.2, -0.15) is 13.2 Å². The molecule has 0 spiro atoms. The minimum Gasteiger partial charge on any atom is -0.322 e. The number of anilines is 1. The highest BCUT2D eigenvalue weighted by Gasteiger charge is 2.30.